The first kappa shape index (κ1) is 16.2. The molecule has 21 heavy (non-hydrogen) atoms. The molecule has 1 aromatic heterocycles. The molecule has 0 aliphatic carbocycles. The second-order valence-electron chi connectivity index (χ2n) is 6.09. The van der Waals surface area contributed by atoms with Crippen LogP contribution in [0.1, 0.15) is 37.9 Å². The Hall–Kier alpha value is -1.13. The minimum absolute atomic E-state index is 0.642. The van der Waals surface area contributed by atoms with Gasteiger partial charge in [-0.05, 0) is 44.6 Å². The van der Waals surface area contributed by atoms with Gasteiger partial charge in [0.2, 0.25) is 0 Å². The standard InChI is InChI=1S/C17H30N4/c1-5-7-15-10-14(12-18-3)11-17(19-15)21-9-8-20(4)16(6-2)13-21/h10-11,16,18H,5-9,12-13H2,1-4H3. The molecule has 4 heteroatoms. The van der Waals surface area contributed by atoms with Crippen molar-refractivity contribution in [2.24, 2.45) is 0 Å². The van der Waals surface area contributed by atoms with Crippen LogP contribution < -0.4 is 10.2 Å². The van der Waals surface area contributed by atoms with Crippen molar-refractivity contribution in [1.29, 1.82) is 0 Å². The Kier molecular flexibility index (Phi) is 6.00. The van der Waals surface area contributed by atoms with Gasteiger partial charge in [-0.15, -0.1) is 0 Å². The van der Waals surface area contributed by atoms with Gasteiger partial charge in [-0.2, -0.15) is 0 Å². The van der Waals surface area contributed by atoms with Crippen LogP contribution >= 0.6 is 0 Å². The molecule has 1 N–H and O–H groups in total. The molecular weight excluding hydrogens is 260 g/mol. The predicted octanol–water partition coefficient (Wildman–Crippen LogP) is 2.28. The number of nitrogens with one attached hydrogen (secondary N) is 1. The lowest BCUT2D eigenvalue weighted by molar-refractivity contribution is 0.213. The van der Waals surface area contributed by atoms with Crippen LogP contribution in [-0.2, 0) is 13.0 Å². The fourth-order valence-corrected chi connectivity index (χ4v) is 3.08. The lowest BCUT2D eigenvalue weighted by atomic mass is 10.1. The summed E-state index contributed by atoms with van der Waals surface area (Å²) in [4.78, 5) is 9.84. The summed E-state index contributed by atoms with van der Waals surface area (Å²) in [6.45, 7) is 8.70. The Morgan fingerprint density at radius 2 is 2.10 bits per heavy atom. The number of aromatic nitrogens is 1. The van der Waals surface area contributed by atoms with Gasteiger partial charge in [-0.3, -0.25) is 4.90 Å². The summed E-state index contributed by atoms with van der Waals surface area (Å²) in [5, 5.41) is 3.26. The predicted molar refractivity (Wildman–Crippen MR) is 89.9 cm³/mol. The van der Waals surface area contributed by atoms with Crippen LogP contribution in [0.25, 0.3) is 0 Å². The first-order valence-electron chi connectivity index (χ1n) is 8.27. The summed E-state index contributed by atoms with van der Waals surface area (Å²) in [6, 6.07) is 5.15. The number of rotatable bonds is 6. The molecule has 1 atom stereocenters. The lowest BCUT2D eigenvalue weighted by Crippen LogP contribution is -2.51. The van der Waals surface area contributed by atoms with E-state index in [9.17, 15) is 0 Å². The molecular formula is C17H30N4. The third-order valence-electron chi connectivity index (χ3n) is 4.38. The van der Waals surface area contributed by atoms with Crippen molar-refractivity contribution in [3.8, 4) is 0 Å². The Balaban J connectivity index is 2.20. The molecule has 0 spiro atoms. The van der Waals surface area contributed by atoms with Gasteiger partial charge in [0.15, 0.2) is 0 Å². The van der Waals surface area contributed by atoms with Crippen molar-refractivity contribution < 1.29 is 0 Å². The van der Waals surface area contributed by atoms with Crippen LogP contribution in [0.3, 0.4) is 0 Å². The van der Waals surface area contributed by atoms with Gasteiger partial charge < -0.3 is 10.2 Å². The van der Waals surface area contributed by atoms with Gasteiger partial charge in [0.25, 0.3) is 0 Å². The number of hydrogen-bond donors (Lipinski definition) is 1. The van der Waals surface area contributed by atoms with Crippen LogP contribution in [0.4, 0.5) is 5.82 Å². The molecule has 2 rings (SSSR count). The van der Waals surface area contributed by atoms with Gasteiger partial charge in [0.1, 0.15) is 5.82 Å². The number of aryl methyl sites for hydroxylation is 1. The zero-order valence-corrected chi connectivity index (χ0v) is 14.0. The molecule has 1 aliphatic heterocycles. The van der Waals surface area contributed by atoms with E-state index in [1.54, 1.807) is 0 Å². The summed E-state index contributed by atoms with van der Waals surface area (Å²) < 4.78 is 0. The van der Waals surface area contributed by atoms with E-state index < -0.39 is 0 Å². The molecule has 1 unspecified atom stereocenters. The fourth-order valence-electron chi connectivity index (χ4n) is 3.08. The molecule has 118 valence electrons. The number of nitrogens with zero attached hydrogens (tertiary/aromatic N) is 3. The SMILES string of the molecule is CCCc1cc(CNC)cc(N2CCN(C)C(CC)C2)n1. The second kappa shape index (κ2) is 7.76. The van der Waals surface area contributed by atoms with Crippen molar-refractivity contribution in [2.45, 2.75) is 45.7 Å². The van der Waals surface area contributed by atoms with Crippen LogP contribution in [0.15, 0.2) is 12.1 Å². The fraction of sp³-hybridized carbons (Fsp3) is 0.706. The summed E-state index contributed by atoms with van der Waals surface area (Å²) >= 11 is 0. The zero-order valence-electron chi connectivity index (χ0n) is 14.0. The Morgan fingerprint density at radius 3 is 2.76 bits per heavy atom. The van der Waals surface area contributed by atoms with E-state index in [0.29, 0.717) is 6.04 Å². The molecule has 0 bridgehead atoms. The van der Waals surface area contributed by atoms with E-state index >= 15 is 0 Å². The number of anilines is 1. The molecule has 0 saturated carbocycles. The maximum atomic E-state index is 4.90. The summed E-state index contributed by atoms with van der Waals surface area (Å²) in [5.41, 5.74) is 2.57. The number of piperazine rings is 1. The van der Waals surface area contributed by atoms with Crippen LogP contribution in [0, 0.1) is 0 Å². The van der Waals surface area contributed by atoms with Crippen LogP contribution in [0.5, 0.6) is 0 Å². The highest BCUT2D eigenvalue weighted by molar-refractivity contribution is 5.43. The van der Waals surface area contributed by atoms with Crippen molar-refractivity contribution in [1.82, 2.24) is 15.2 Å². The molecule has 1 saturated heterocycles. The van der Waals surface area contributed by atoms with Gasteiger partial charge in [-0.25, -0.2) is 4.98 Å². The molecule has 4 nitrogen and oxygen atoms in total. The topological polar surface area (TPSA) is 31.4 Å². The highest BCUT2D eigenvalue weighted by atomic mass is 15.3. The molecule has 1 aliphatic rings. The summed E-state index contributed by atoms with van der Waals surface area (Å²) in [7, 11) is 4.24. The number of likely N-dealkylation sites (N-methyl/N-ethyl adjacent to an activating group) is 1. The average Bonchev–Trinajstić information content (AvgIpc) is 2.48. The Bertz CT molecular complexity index is 422. The zero-order chi connectivity index (χ0) is 15.2. The van der Waals surface area contributed by atoms with E-state index in [2.05, 4.69) is 48.1 Å². The summed E-state index contributed by atoms with van der Waals surface area (Å²) in [6.07, 6.45) is 3.41. The molecule has 0 radical (unpaired) electrons. The second-order valence-corrected chi connectivity index (χ2v) is 6.09. The Morgan fingerprint density at radius 1 is 1.29 bits per heavy atom. The van der Waals surface area contributed by atoms with Gasteiger partial charge in [-0.1, -0.05) is 20.3 Å². The third kappa shape index (κ3) is 4.17. The largest absolute Gasteiger partial charge is 0.354 e. The maximum Gasteiger partial charge on any atom is 0.129 e. The quantitative estimate of drug-likeness (QED) is 0.871. The normalized spacial score (nSPS) is 20.0. The lowest BCUT2D eigenvalue weighted by Gasteiger charge is -2.40. The monoisotopic (exact) mass is 290 g/mol. The Labute approximate surface area is 129 Å². The minimum atomic E-state index is 0.642. The smallest absolute Gasteiger partial charge is 0.129 e. The highest BCUT2D eigenvalue weighted by Gasteiger charge is 2.24. The van der Waals surface area contributed by atoms with E-state index in [-0.39, 0.29) is 0 Å². The van der Waals surface area contributed by atoms with E-state index in [1.165, 1.54) is 17.7 Å². The van der Waals surface area contributed by atoms with E-state index in [4.69, 9.17) is 4.98 Å². The van der Waals surface area contributed by atoms with Crippen molar-refractivity contribution in [2.75, 3.05) is 38.6 Å². The van der Waals surface area contributed by atoms with E-state index in [0.717, 1.165) is 44.8 Å². The van der Waals surface area contributed by atoms with Gasteiger partial charge >= 0.3 is 0 Å². The van der Waals surface area contributed by atoms with Gasteiger partial charge in [0.05, 0.1) is 0 Å². The van der Waals surface area contributed by atoms with Crippen molar-refractivity contribution >= 4 is 5.82 Å². The number of hydrogen-bond acceptors (Lipinski definition) is 4. The van der Waals surface area contributed by atoms with E-state index in [1.807, 2.05) is 7.05 Å². The molecule has 1 fully saturated rings. The minimum Gasteiger partial charge on any atom is -0.354 e. The van der Waals surface area contributed by atoms with Crippen molar-refractivity contribution in [3.05, 3.63) is 23.4 Å². The highest BCUT2D eigenvalue weighted by Crippen LogP contribution is 2.20. The molecule has 1 aromatic rings. The van der Waals surface area contributed by atoms with Crippen LogP contribution in [0.2, 0.25) is 0 Å². The molecule has 0 amide bonds. The van der Waals surface area contributed by atoms with Gasteiger partial charge in [0, 0.05) is 37.9 Å². The third-order valence-corrected chi connectivity index (χ3v) is 4.38. The average molecular weight is 290 g/mol. The molecule has 0 aromatic carbocycles. The number of pyridine rings is 1. The van der Waals surface area contributed by atoms with Crippen molar-refractivity contribution in [3.63, 3.8) is 0 Å². The first-order chi connectivity index (χ1) is 10.2. The van der Waals surface area contributed by atoms with Crippen LogP contribution in [-0.4, -0.2) is 49.7 Å². The summed E-state index contributed by atoms with van der Waals surface area (Å²) in [5.74, 6) is 1.16. The first-order valence-corrected chi connectivity index (χ1v) is 8.27. The maximum absolute atomic E-state index is 4.90. The molecule has 2 heterocycles.